The first-order valence-electron chi connectivity index (χ1n) is 10.9. The van der Waals surface area contributed by atoms with Crippen LogP contribution in [0.4, 0.5) is 0 Å². The van der Waals surface area contributed by atoms with E-state index in [1.165, 1.54) is 16.3 Å². The Kier molecular flexibility index (Phi) is 5.20. The summed E-state index contributed by atoms with van der Waals surface area (Å²) in [5, 5.41) is 5.59. The number of hydrogen-bond acceptors (Lipinski definition) is 2. The molecule has 1 unspecified atom stereocenters. The lowest BCUT2D eigenvalue weighted by molar-refractivity contribution is 0.0937. The van der Waals surface area contributed by atoms with Crippen LogP contribution in [0.2, 0.25) is 0 Å². The van der Waals surface area contributed by atoms with E-state index in [1.807, 2.05) is 56.3 Å². The van der Waals surface area contributed by atoms with Crippen LogP contribution in [0.25, 0.3) is 21.8 Å². The smallest absolute Gasteiger partial charge is 0.252 e. The van der Waals surface area contributed by atoms with E-state index in [9.17, 15) is 4.79 Å². The van der Waals surface area contributed by atoms with Crippen molar-refractivity contribution >= 4 is 27.7 Å². The largest absolute Gasteiger partial charge is 0.342 e. The molecule has 1 atom stereocenters. The SMILES string of the molecule is Cc1ccccc1C(=O)NC(C)c1nc2ccccc2n1Cc1ccc2ccccc2c1. The average Bonchev–Trinajstić information content (AvgIpc) is 3.18. The zero-order valence-electron chi connectivity index (χ0n) is 18.2. The highest BCUT2D eigenvalue weighted by Gasteiger charge is 2.20. The predicted octanol–water partition coefficient (Wildman–Crippen LogP) is 6.04. The standard InChI is InChI=1S/C28H25N3O/c1-19-9-3-6-12-24(19)28(32)29-20(2)27-30-25-13-7-8-14-26(25)31(27)18-21-15-16-22-10-4-5-11-23(22)17-21/h3-17,20H,18H2,1-2H3,(H,29,32). The first-order chi connectivity index (χ1) is 15.6. The maximum Gasteiger partial charge on any atom is 0.252 e. The molecule has 4 aromatic carbocycles. The highest BCUT2D eigenvalue weighted by Crippen LogP contribution is 2.24. The Bertz CT molecular complexity index is 1430. The molecule has 1 N–H and O–H groups in total. The Balaban J connectivity index is 1.51. The summed E-state index contributed by atoms with van der Waals surface area (Å²) in [6, 6.07) is 30.5. The second-order valence-corrected chi connectivity index (χ2v) is 8.24. The van der Waals surface area contributed by atoms with Gasteiger partial charge in [0.05, 0.1) is 17.1 Å². The van der Waals surface area contributed by atoms with E-state index in [0.717, 1.165) is 22.4 Å². The molecule has 1 amide bonds. The van der Waals surface area contributed by atoms with Gasteiger partial charge in [0.25, 0.3) is 5.91 Å². The van der Waals surface area contributed by atoms with Crippen LogP contribution >= 0.6 is 0 Å². The summed E-state index contributed by atoms with van der Waals surface area (Å²) in [6.07, 6.45) is 0. The number of amides is 1. The normalized spacial score (nSPS) is 12.2. The van der Waals surface area contributed by atoms with Crippen LogP contribution in [-0.2, 0) is 6.54 Å². The fourth-order valence-electron chi connectivity index (χ4n) is 4.28. The van der Waals surface area contributed by atoms with Gasteiger partial charge in [-0.05, 0) is 60.0 Å². The quantitative estimate of drug-likeness (QED) is 0.378. The molecule has 0 radical (unpaired) electrons. The van der Waals surface area contributed by atoms with E-state index in [4.69, 9.17) is 4.98 Å². The van der Waals surface area contributed by atoms with Crippen LogP contribution in [0.3, 0.4) is 0 Å². The van der Waals surface area contributed by atoms with Crippen molar-refractivity contribution in [3.8, 4) is 0 Å². The molecule has 0 saturated carbocycles. The minimum atomic E-state index is -0.241. The van der Waals surface area contributed by atoms with Crippen LogP contribution in [0.1, 0.15) is 40.3 Å². The first-order valence-corrected chi connectivity index (χ1v) is 10.9. The van der Waals surface area contributed by atoms with Gasteiger partial charge >= 0.3 is 0 Å². The number of carbonyl (C=O) groups excluding carboxylic acids is 1. The monoisotopic (exact) mass is 419 g/mol. The molecule has 0 aliphatic carbocycles. The van der Waals surface area contributed by atoms with Crippen LogP contribution in [0.5, 0.6) is 0 Å². The van der Waals surface area contributed by atoms with E-state index in [-0.39, 0.29) is 11.9 Å². The Labute approximate surface area is 187 Å². The summed E-state index contributed by atoms with van der Waals surface area (Å²) in [6.45, 7) is 4.63. The molecule has 0 fully saturated rings. The van der Waals surface area contributed by atoms with Crippen molar-refractivity contribution in [1.82, 2.24) is 14.9 Å². The van der Waals surface area contributed by atoms with Gasteiger partial charge in [-0.2, -0.15) is 0 Å². The summed E-state index contributed by atoms with van der Waals surface area (Å²) < 4.78 is 2.21. The first kappa shape index (κ1) is 20.0. The number of nitrogens with one attached hydrogen (secondary N) is 1. The fraction of sp³-hybridized carbons (Fsp3) is 0.143. The van der Waals surface area contributed by atoms with Crippen molar-refractivity contribution in [2.24, 2.45) is 0 Å². The Morgan fingerprint density at radius 3 is 2.47 bits per heavy atom. The van der Waals surface area contributed by atoms with Crippen molar-refractivity contribution in [1.29, 1.82) is 0 Å². The fourth-order valence-corrected chi connectivity index (χ4v) is 4.28. The molecule has 4 heteroatoms. The number of rotatable bonds is 5. The summed E-state index contributed by atoms with van der Waals surface area (Å²) in [4.78, 5) is 17.8. The molecular formula is C28H25N3O. The van der Waals surface area contributed by atoms with Crippen molar-refractivity contribution in [2.45, 2.75) is 26.4 Å². The molecule has 5 aromatic rings. The zero-order valence-corrected chi connectivity index (χ0v) is 18.2. The summed E-state index contributed by atoms with van der Waals surface area (Å²) in [5.74, 6) is 0.765. The molecule has 1 aromatic heterocycles. The van der Waals surface area contributed by atoms with E-state index in [2.05, 4.69) is 58.4 Å². The molecule has 5 rings (SSSR count). The van der Waals surface area contributed by atoms with Gasteiger partial charge in [0.2, 0.25) is 0 Å². The number of nitrogens with zero attached hydrogens (tertiary/aromatic N) is 2. The predicted molar refractivity (Wildman–Crippen MR) is 130 cm³/mol. The highest BCUT2D eigenvalue weighted by molar-refractivity contribution is 5.95. The Morgan fingerprint density at radius 1 is 0.906 bits per heavy atom. The van der Waals surface area contributed by atoms with Gasteiger partial charge in [0.1, 0.15) is 5.82 Å². The summed E-state index contributed by atoms with van der Waals surface area (Å²) >= 11 is 0. The lowest BCUT2D eigenvalue weighted by Crippen LogP contribution is -2.29. The number of benzene rings is 4. The number of imidazole rings is 1. The van der Waals surface area contributed by atoms with Crippen LogP contribution in [-0.4, -0.2) is 15.5 Å². The lowest BCUT2D eigenvalue weighted by atomic mass is 10.1. The van der Waals surface area contributed by atoms with E-state index in [0.29, 0.717) is 12.1 Å². The van der Waals surface area contributed by atoms with Crippen molar-refractivity contribution in [2.75, 3.05) is 0 Å². The van der Waals surface area contributed by atoms with Crippen molar-refractivity contribution < 1.29 is 4.79 Å². The number of fused-ring (bicyclic) bond motifs is 2. The molecule has 4 nitrogen and oxygen atoms in total. The third kappa shape index (κ3) is 3.76. The van der Waals surface area contributed by atoms with Gasteiger partial charge < -0.3 is 9.88 Å². The lowest BCUT2D eigenvalue weighted by Gasteiger charge is -2.17. The van der Waals surface area contributed by atoms with Gasteiger partial charge in [0.15, 0.2) is 0 Å². The van der Waals surface area contributed by atoms with E-state index >= 15 is 0 Å². The number of aromatic nitrogens is 2. The van der Waals surface area contributed by atoms with Gasteiger partial charge in [-0.25, -0.2) is 4.98 Å². The zero-order chi connectivity index (χ0) is 22.1. The van der Waals surface area contributed by atoms with Crippen molar-refractivity contribution in [3.05, 3.63) is 114 Å². The summed E-state index contributed by atoms with van der Waals surface area (Å²) in [5.41, 5.74) is 4.84. The molecule has 0 spiro atoms. The van der Waals surface area contributed by atoms with E-state index < -0.39 is 0 Å². The summed E-state index contributed by atoms with van der Waals surface area (Å²) in [7, 11) is 0. The number of aryl methyl sites for hydroxylation is 1. The minimum absolute atomic E-state index is 0.0834. The van der Waals surface area contributed by atoms with Crippen LogP contribution in [0, 0.1) is 6.92 Å². The number of hydrogen-bond donors (Lipinski definition) is 1. The Hall–Kier alpha value is -3.92. The molecule has 0 aliphatic heterocycles. The van der Waals surface area contributed by atoms with E-state index in [1.54, 1.807) is 0 Å². The molecule has 32 heavy (non-hydrogen) atoms. The molecular weight excluding hydrogens is 394 g/mol. The maximum atomic E-state index is 12.9. The van der Waals surface area contributed by atoms with Crippen LogP contribution < -0.4 is 5.32 Å². The highest BCUT2D eigenvalue weighted by atomic mass is 16.1. The minimum Gasteiger partial charge on any atom is -0.342 e. The second kappa shape index (κ2) is 8.31. The average molecular weight is 420 g/mol. The third-order valence-electron chi connectivity index (χ3n) is 5.96. The second-order valence-electron chi connectivity index (χ2n) is 8.24. The molecule has 1 heterocycles. The number of carbonyl (C=O) groups is 1. The van der Waals surface area contributed by atoms with Gasteiger partial charge in [-0.1, -0.05) is 66.7 Å². The molecule has 158 valence electrons. The van der Waals surface area contributed by atoms with Gasteiger partial charge in [-0.3, -0.25) is 4.79 Å². The maximum absolute atomic E-state index is 12.9. The molecule has 0 saturated heterocycles. The topological polar surface area (TPSA) is 46.9 Å². The molecule has 0 bridgehead atoms. The van der Waals surface area contributed by atoms with Crippen LogP contribution in [0.15, 0.2) is 91.0 Å². The molecule has 0 aliphatic rings. The number of para-hydroxylation sites is 2. The Morgan fingerprint density at radius 2 is 1.62 bits per heavy atom. The van der Waals surface area contributed by atoms with Gasteiger partial charge in [-0.15, -0.1) is 0 Å². The van der Waals surface area contributed by atoms with Gasteiger partial charge in [0, 0.05) is 12.1 Å². The third-order valence-corrected chi connectivity index (χ3v) is 5.96. The van der Waals surface area contributed by atoms with Crippen molar-refractivity contribution in [3.63, 3.8) is 0 Å².